The van der Waals surface area contributed by atoms with E-state index in [0.717, 1.165) is 39.0 Å². The number of amides is 3. The molecule has 2 fully saturated rings. The monoisotopic (exact) mass is 388 g/mol. The molecule has 3 aliphatic rings. The van der Waals surface area contributed by atoms with Crippen molar-refractivity contribution in [3.8, 4) is 11.5 Å². The molecule has 152 valence electrons. The van der Waals surface area contributed by atoms with Crippen LogP contribution in [-0.2, 0) is 0 Å². The van der Waals surface area contributed by atoms with Crippen LogP contribution in [0.15, 0.2) is 18.2 Å². The maximum absolute atomic E-state index is 12.9. The Morgan fingerprint density at radius 2 is 1.82 bits per heavy atom. The van der Waals surface area contributed by atoms with E-state index < -0.39 is 0 Å². The van der Waals surface area contributed by atoms with Gasteiger partial charge in [-0.15, -0.1) is 0 Å². The van der Waals surface area contributed by atoms with Gasteiger partial charge in [-0.05, 0) is 31.0 Å². The summed E-state index contributed by atoms with van der Waals surface area (Å²) in [6, 6.07) is 5.35. The van der Waals surface area contributed by atoms with Crippen LogP contribution in [0.4, 0.5) is 4.79 Å². The summed E-state index contributed by atoms with van der Waals surface area (Å²) in [5.74, 6) is 1.35. The average Bonchev–Trinajstić information content (AvgIpc) is 3.40. The van der Waals surface area contributed by atoms with Crippen molar-refractivity contribution >= 4 is 11.9 Å². The van der Waals surface area contributed by atoms with Gasteiger partial charge in [0.1, 0.15) is 0 Å². The number of rotatable bonds is 3. The van der Waals surface area contributed by atoms with Gasteiger partial charge in [-0.25, -0.2) is 4.79 Å². The van der Waals surface area contributed by atoms with Crippen molar-refractivity contribution in [3.05, 3.63) is 23.8 Å². The molecule has 3 amide bonds. The van der Waals surface area contributed by atoms with Gasteiger partial charge < -0.3 is 24.6 Å². The number of piperazine rings is 1. The lowest BCUT2D eigenvalue weighted by Gasteiger charge is -2.45. The van der Waals surface area contributed by atoms with E-state index in [1.807, 2.05) is 9.80 Å². The van der Waals surface area contributed by atoms with Crippen LogP contribution in [0.1, 0.15) is 30.1 Å². The van der Waals surface area contributed by atoms with Gasteiger partial charge in [0.15, 0.2) is 11.5 Å². The molecule has 0 aromatic heterocycles. The van der Waals surface area contributed by atoms with Gasteiger partial charge in [0, 0.05) is 57.4 Å². The van der Waals surface area contributed by atoms with Crippen LogP contribution >= 0.6 is 0 Å². The quantitative estimate of drug-likeness (QED) is 0.847. The Kier molecular flexibility index (Phi) is 5.05. The number of fused-ring (bicyclic) bond motifs is 1. The predicted molar refractivity (Wildman–Crippen MR) is 104 cm³/mol. The highest BCUT2D eigenvalue weighted by Crippen LogP contribution is 2.34. The maximum atomic E-state index is 12.9. The summed E-state index contributed by atoms with van der Waals surface area (Å²) in [4.78, 5) is 31.2. The second kappa shape index (κ2) is 7.50. The summed E-state index contributed by atoms with van der Waals surface area (Å²) in [5, 5.41) is 2.73. The largest absolute Gasteiger partial charge is 0.454 e. The van der Waals surface area contributed by atoms with E-state index in [0.29, 0.717) is 30.2 Å². The maximum Gasteiger partial charge on any atom is 0.317 e. The van der Waals surface area contributed by atoms with Crippen molar-refractivity contribution in [1.82, 2.24) is 20.0 Å². The van der Waals surface area contributed by atoms with Crippen LogP contribution in [0.5, 0.6) is 11.5 Å². The second-order valence-corrected chi connectivity index (χ2v) is 7.65. The summed E-state index contributed by atoms with van der Waals surface area (Å²) in [5.41, 5.74) is 0.648. The first-order valence-corrected chi connectivity index (χ1v) is 9.97. The van der Waals surface area contributed by atoms with E-state index in [4.69, 9.17) is 9.47 Å². The van der Waals surface area contributed by atoms with Gasteiger partial charge in [0.05, 0.1) is 0 Å². The predicted octanol–water partition coefficient (Wildman–Crippen LogP) is 1.37. The lowest BCUT2D eigenvalue weighted by Crippen LogP contribution is -2.59. The minimum Gasteiger partial charge on any atom is -0.454 e. The number of urea groups is 1. The molecule has 1 N–H and O–H groups in total. The molecule has 0 bridgehead atoms. The van der Waals surface area contributed by atoms with Gasteiger partial charge in [-0.1, -0.05) is 6.92 Å². The smallest absolute Gasteiger partial charge is 0.317 e. The number of ether oxygens (including phenoxy) is 2. The Hall–Kier alpha value is -2.48. The zero-order valence-corrected chi connectivity index (χ0v) is 16.6. The molecule has 28 heavy (non-hydrogen) atoms. The number of likely N-dealkylation sites (tertiary alicyclic amines) is 1. The molecule has 1 aromatic rings. The molecule has 8 nitrogen and oxygen atoms in total. The van der Waals surface area contributed by atoms with E-state index in [1.54, 1.807) is 25.2 Å². The first kappa shape index (κ1) is 18.9. The van der Waals surface area contributed by atoms with E-state index >= 15 is 0 Å². The molecule has 0 spiro atoms. The SMILES string of the molecule is CC[C@]1(N2CCN(C(=O)c3ccc4c(c3)OCO4)CC2)CCN(C(=O)NC)C1. The standard InChI is InChI=1S/C20H28N4O4/c1-3-20(6-7-23(13-20)19(26)21-2)24-10-8-22(9-11-24)18(25)15-4-5-16-17(12-15)28-14-27-16/h4-5,12H,3,6-11,13-14H2,1-2H3,(H,21,26)/t20-/m0/s1. The highest BCUT2D eigenvalue weighted by Gasteiger charge is 2.44. The molecule has 0 saturated carbocycles. The molecule has 3 heterocycles. The van der Waals surface area contributed by atoms with Crippen molar-refractivity contribution in [2.45, 2.75) is 25.3 Å². The highest BCUT2D eigenvalue weighted by atomic mass is 16.7. The zero-order valence-electron chi connectivity index (χ0n) is 16.6. The number of nitrogens with one attached hydrogen (secondary N) is 1. The van der Waals surface area contributed by atoms with Crippen molar-refractivity contribution in [3.63, 3.8) is 0 Å². The van der Waals surface area contributed by atoms with Crippen LogP contribution in [0.25, 0.3) is 0 Å². The Balaban J connectivity index is 1.39. The first-order valence-electron chi connectivity index (χ1n) is 9.97. The topological polar surface area (TPSA) is 74.4 Å². The van der Waals surface area contributed by atoms with Crippen molar-refractivity contribution in [2.24, 2.45) is 0 Å². The third-order valence-corrected chi connectivity index (χ3v) is 6.35. The summed E-state index contributed by atoms with van der Waals surface area (Å²) < 4.78 is 10.7. The number of benzene rings is 1. The van der Waals surface area contributed by atoms with Gasteiger partial charge in [0.25, 0.3) is 5.91 Å². The van der Waals surface area contributed by atoms with E-state index in [2.05, 4.69) is 17.1 Å². The number of nitrogens with zero attached hydrogens (tertiary/aromatic N) is 3. The van der Waals surface area contributed by atoms with Crippen molar-refractivity contribution < 1.29 is 19.1 Å². The van der Waals surface area contributed by atoms with E-state index in [-0.39, 0.29) is 24.3 Å². The molecule has 0 aliphatic carbocycles. The van der Waals surface area contributed by atoms with Crippen molar-refractivity contribution in [1.29, 1.82) is 0 Å². The number of hydrogen-bond donors (Lipinski definition) is 1. The van der Waals surface area contributed by atoms with Crippen LogP contribution in [0, 0.1) is 0 Å². The summed E-state index contributed by atoms with van der Waals surface area (Å²) >= 11 is 0. The lowest BCUT2D eigenvalue weighted by molar-refractivity contribution is 0.0301. The Morgan fingerprint density at radius 3 is 2.54 bits per heavy atom. The third-order valence-electron chi connectivity index (χ3n) is 6.35. The fourth-order valence-electron chi connectivity index (χ4n) is 4.55. The summed E-state index contributed by atoms with van der Waals surface area (Å²) in [7, 11) is 1.68. The molecule has 2 saturated heterocycles. The first-order chi connectivity index (χ1) is 13.6. The zero-order chi connectivity index (χ0) is 19.7. The van der Waals surface area contributed by atoms with Crippen LogP contribution in [0.3, 0.4) is 0 Å². The minimum absolute atomic E-state index is 0.00746. The molecule has 4 rings (SSSR count). The molecule has 1 atom stereocenters. The molecule has 3 aliphatic heterocycles. The van der Waals surface area contributed by atoms with Crippen LogP contribution in [0.2, 0.25) is 0 Å². The summed E-state index contributed by atoms with van der Waals surface area (Å²) in [6.07, 6.45) is 1.98. The van der Waals surface area contributed by atoms with Gasteiger partial charge in [0.2, 0.25) is 6.79 Å². The lowest BCUT2D eigenvalue weighted by atomic mass is 9.92. The normalized spacial score (nSPS) is 24.5. The Morgan fingerprint density at radius 1 is 1.07 bits per heavy atom. The second-order valence-electron chi connectivity index (χ2n) is 7.65. The number of carbonyl (C=O) groups is 2. The molecular weight excluding hydrogens is 360 g/mol. The fourth-order valence-corrected chi connectivity index (χ4v) is 4.55. The Bertz CT molecular complexity index is 763. The van der Waals surface area contributed by atoms with Gasteiger partial charge in [-0.2, -0.15) is 0 Å². The van der Waals surface area contributed by atoms with Gasteiger partial charge in [-0.3, -0.25) is 9.69 Å². The highest BCUT2D eigenvalue weighted by molar-refractivity contribution is 5.95. The van der Waals surface area contributed by atoms with Gasteiger partial charge >= 0.3 is 6.03 Å². The average molecular weight is 388 g/mol. The number of hydrogen-bond acceptors (Lipinski definition) is 5. The minimum atomic E-state index is -0.00746. The van der Waals surface area contributed by atoms with E-state index in [1.165, 1.54) is 0 Å². The number of carbonyl (C=O) groups excluding carboxylic acids is 2. The van der Waals surface area contributed by atoms with E-state index in [9.17, 15) is 9.59 Å². The third kappa shape index (κ3) is 3.26. The Labute approximate surface area is 165 Å². The molecule has 1 aromatic carbocycles. The molecular formula is C20H28N4O4. The van der Waals surface area contributed by atoms with Crippen LogP contribution < -0.4 is 14.8 Å². The molecule has 0 unspecified atom stereocenters. The fraction of sp³-hybridized carbons (Fsp3) is 0.600. The van der Waals surface area contributed by atoms with Crippen molar-refractivity contribution in [2.75, 3.05) is 53.1 Å². The molecule has 0 radical (unpaired) electrons. The molecule has 8 heteroatoms. The van der Waals surface area contributed by atoms with Crippen LogP contribution in [-0.4, -0.2) is 85.3 Å². The summed E-state index contributed by atoms with van der Waals surface area (Å²) in [6.45, 7) is 6.96.